The van der Waals surface area contributed by atoms with Crippen molar-refractivity contribution in [1.82, 2.24) is 19.1 Å². The van der Waals surface area contributed by atoms with Gasteiger partial charge in [-0.2, -0.15) is 0 Å². The van der Waals surface area contributed by atoms with Crippen LogP contribution in [-0.2, 0) is 21.4 Å². The van der Waals surface area contributed by atoms with Gasteiger partial charge in [-0.1, -0.05) is 48.5 Å². The molecule has 33 heavy (non-hydrogen) atoms. The van der Waals surface area contributed by atoms with Crippen LogP contribution in [0.5, 0.6) is 0 Å². The normalized spacial score (nSPS) is 12.7. The van der Waals surface area contributed by atoms with Gasteiger partial charge in [0.05, 0.1) is 10.1 Å². The number of carbonyl (C=O) groups excluding carboxylic acids is 1. The molecule has 0 radical (unpaired) electrons. The fourth-order valence-electron chi connectivity index (χ4n) is 3.20. The number of benzene rings is 2. The summed E-state index contributed by atoms with van der Waals surface area (Å²) >= 11 is 1.32. The highest BCUT2D eigenvalue weighted by atomic mass is 32.2. The first kappa shape index (κ1) is 24.9. The molecule has 8 nitrogen and oxygen atoms in total. The molecule has 1 amide bonds. The molecule has 2 aromatic carbocycles. The predicted molar refractivity (Wildman–Crippen MR) is 132 cm³/mol. The second kappa shape index (κ2) is 10.5. The predicted octanol–water partition coefficient (Wildman–Crippen LogP) is 4.03. The molecule has 3 rings (SSSR count). The van der Waals surface area contributed by atoms with Crippen LogP contribution >= 0.6 is 11.8 Å². The summed E-state index contributed by atoms with van der Waals surface area (Å²) in [6, 6.07) is 14.3. The summed E-state index contributed by atoms with van der Waals surface area (Å²) in [4.78, 5) is 13.0. The van der Waals surface area contributed by atoms with Crippen LogP contribution in [0.15, 0.2) is 58.6 Å². The molecule has 176 valence electrons. The number of rotatable bonds is 9. The Bertz CT molecular complexity index is 1240. The number of sulfonamides is 1. The average Bonchev–Trinajstić information content (AvgIpc) is 3.16. The van der Waals surface area contributed by atoms with E-state index in [0.29, 0.717) is 10.8 Å². The molecule has 0 bridgehead atoms. The molecule has 1 atom stereocenters. The lowest BCUT2D eigenvalue weighted by atomic mass is 10.1. The van der Waals surface area contributed by atoms with Gasteiger partial charge in [0.15, 0.2) is 11.0 Å². The molecule has 0 aliphatic rings. The molecule has 0 saturated carbocycles. The van der Waals surface area contributed by atoms with Crippen LogP contribution in [0.2, 0.25) is 0 Å². The average molecular weight is 488 g/mol. The lowest BCUT2D eigenvalue weighted by Crippen LogP contribution is -2.24. The van der Waals surface area contributed by atoms with Crippen molar-refractivity contribution in [2.45, 2.75) is 49.0 Å². The Balaban J connectivity index is 1.78. The second-order valence-electron chi connectivity index (χ2n) is 7.89. The quantitative estimate of drug-likeness (QED) is 0.458. The summed E-state index contributed by atoms with van der Waals surface area (Å²) in [5.41, 5.74) is 2.55. The minimum atomic E-state index is -3.59. The maximum absolute atomic E-state index is 12.9. The van der Waals surface area contributed by atoms with Gasteiger partial charge >= 0.3 is 0 Å². The summed E-state index contributed by atoms with van der Waals surface area (Å²) in [7, 11) is -0.649. The number of hydrogen-bond acceptors (Lipinski definition) is 6. The fraction of sp³-hybridized carbons (Fsp3) is 0.348. The number of nitrogens with zero attached hydrogens (tertiary/aromatic N) is 4. The van der Waals surface area contributed by atoms with E-state index in [0.717, 1.165) is 34.2 Å². The van der Waals surface area contributed by atoms with Crippen LogP contribution in [0.3, 0.4) is 0 Å². The first-order valence-electron chi connectivity index (χ1n) is 10.6. The minimum Gasteiger partial charge on any atom is -0.325 e. The Hall–Kier alpha value is -2.69. The van der Waals surface area contributed by atoms with Crippen molar-refractivity contribution in [2.24, 2.45) is 0 Å². The van der Waals surface area contributed by atoms with Gasteiger partial charge in [0.2, 0.25) is 15.9 Å². The van der Waals surface area contributed by atoms with Gasteiger partial charge in [-0.15, -0.1) is 10.2 Å². The van der Waals surface area contributed by atoms with Crippen molar-refractivity contribution in [2.75, 3.05) is 19.4 Å². The monoisotopic (exact) mass is 487 g/mol. The molecule has 0 aliphatic carbocycles. The highest BCUT2D eigenvalue weighted by molar-refractivity contribution is 8.00. The molecule has 1 N–H and O–H groups in total. The lowest BCUT2D eigenvalue weighted by Gasteiger charge is -2.15. The SMILES string of the molecule is CCCn1c(S[C@@H](C)C(=O)Nc2cccc(S(=O)(=O)N(C)C)c2)nnc1-c1cccc(C)c1. The van der Waals surface area contributed by atoms with Crippen molar-refractivity contribution in [3.05, 3.63) is 54.1 Å². The second-order valence-corrected chi connectivity index (χ2v) is 11.4. The number of anilines is 1. The molecule has 0 spiro atoms. The molecule has 0 unspecified atom stereocenters. The van der Waals surface area contributed by atoms with Gasteiger partial charge in [-0.3, -0.25) is 4.79 Å². The third-order valence-corrected chi connectivity index (χ3v) is 7.86. The zero-order chi connectivity index (χ0) is 24.2. The number of aryl methyl sites for hydroxylation is 1. The molecular formula is C23H29N5O3S2. The summed E-state index contributed by atoms with van der Waals surface area (Å²) < 4.78 is 27.9. The van der Waals surface area contributed by atoms with Crippen LogP contribution in [0.4, 0.5) is 5.69 Å². The van der Waals surface area contributed by atoms with E-state index in [1.54, 1.807) is 19.1 Å². The topological polar surface area (TPSA) is 97.2 Å². The number of nitrogens with one attached hydrogen (secondary N) is 1. The Morgan fingerprint density at radius 3 is 2.55 bits per heavy atom. The highest BCUT2D eigenvalue weighted by Crippen LogP contribution is 2.28. The van der Waals surface area contributed by atoms with E-state index in [9.17, 15) is 13.2 Å². The van der Waals surface area contributed by atoms with Gasteiger partial charge in [-0.25, -0.2) is 12.7 Å². The summed E-state index contributed by atoms with van der Waals surface area (Å²) in [5, 5.41) is 11.7. The molecule has 0 saturated heterocycles. The van der Waals surface area contributed by atoms with Gasteiger partial charge < -0.3 is 9.88 Å². The zero-order valence-electron chi connectivity index (χ0n) is 19.4. The summed E-state index contributed by atoms with van der Waals surface area (Å²) in [6.45, 7) is 6.64. The van der Waals surface area contributed by atoms with Gasteiger partial charge in [0.25, 0.3) is 0 Å². The summed E-state index contributed by atoms with van der Waals surface area (Å²) in [6.07, 6.45) is 0.901. The molecule has 10 heteroatoms. The smallest absolute Gasteiger partial charge is 0.242 e. The Morgan fingerprint density at radius 2 is 1.88 bits per heavy atom. The first-order chi connectivity index (χ1) is 15.6. The number of amides is 1. The Morgan fingerprint density at radius 1 is 1.15 bits per heavy atom. The van der Waals surface area contributed by atoms with E-state index < -0.39 is 15.3 Å². The van der Waals surface area contributed by atoms with Crippen molar-refractivity contribution in [3.8, 4) is 11.4 Å². The summed E-state index contributed by atoms with van der Waals surface area (Å²) in [5.74, 6) is 0.528. The molecular weight excluding hydrogens is 458 g/mol. The van der Waals surface area contributed by atoms with Crippen molar-refractivity contribution >= 4 is 33.4 Å². The maximum Gasteiger partial charge on any atom is 0.242 e. The highest BCUT2D eigenvalue weighted by Gasteiger charge is 2.22. The van der Waals surface area contributed by atoms with E-state index in [-0.39, 0.29) is 10.8 Å². The van der Waals surface area contributed by atoms with E-state index in [2.05, 4.69) is 28.5 Å². The van der Waals surface area contributed by atoms with Crippen LogP contribution in [0.1, 0.15) is 25.8 Å². The lowest BCUT2D eigenvalue weighted by molar-refractivity contribution is -0.115. The van der Waals surface area contributed by atoms with Crippen LogP contribution in [0.25, 0.3) is 11.4 Å². The molecule has 1 heterocycles. The van der Waals surface area contributed by atoms with Gasteiger partial charge in [-0.05, 0) is 44.5 Å². The Kier molecular flexibility index (Phi) is 7.93. The van der Waals surface area contributed by atoms with Gasteiger partial charge in [0.1, 0.15) is 0 Å². The number of aromatic nitrogens is 3. The molecule has 3 aromatic rings. The molecule has 0 fully saturated rings. The standard InChI is InChI=1S/C23H29N5O3S2/c1-6-13-28-21(18-10-7-9-16(2)14-18)25-26-23(28)32-17(3)22(29)24-19-11-8-12-20(15-19)33(30,31)27(4)5/h7-12,14-15,17H,6,13H2,1-5H3,(H,24,29)/t17-/m0/s1. The van der Waals surface area contributed by atoms with Crippen LogP contribution in [0, 0.1) is 6.92 Å². The van der Waals surface area contributed by atoms with Crippen molar-refractivity contribution in [1.29, 1.82) is 0 Å². The molecule has 0 aliphatic heterocycles. The number of thioether (sulfide) groups is 1. The van der Waals surface area contributed by atoms with Crippen molar-refractivity contribution < 1.29 is 13.2 Å². The third kappa shape index (κ3) is 5.82. The third-order valence-electron chi connectivity index (χ3n) is 4.97. The maximum atomic E-state index is 12.9. The minimum absolute atomic E-state index is 0.121. The van der Waals surface area contributed by atoms with Crippen LogP contribution in [-0.4, -0.2) is 52.7 Å². The van der Waals surface area contributed by atoms with E-state index >= 15 is 0 Å². The number of hydrogen-bond donors (Lipinski definition) is 1. The van der Waals surface area contributed by atoms with E-state index in [4.69, 9.17) is 0 Å². The Labute approximate surface area is 199 Å². The zero-order valence-corrected chi connectivity index (χ0v) is 21.1. The number of carbonyl (C=O) groups is 1. The van der Waals surface area contributed by atoms with E-state index in [1.807, 2.05) is 29.7 Å². The first-order valence-corrected chi connectivity index (χ1v) is 13.0. The van der Waals surface area contributed by atoms with Gasteiger partial charge in [0, 0.05) is 31.9 Å². The largest absolute Gasteiger partial charge is 0.325 e. The van der Waals surface area contributed by atoms with Crippen molar-refractivity contribution in [3.63, 3.8) is 0 Å². The van der Waals surface area contributed by atoms with Crippen LogP contribution < -0.4 is 5.32 Å². The fourth-order valence-corrected chi connectivity index (χ4v) is 5.02. The molecule has 1 aromatic heterocycles. The van der Waals surface area contributed by atoms with E-state index in [1.165, 1.54) is 38.0 Å².